The summed E-state index contributed by atoms with van der Waals surface area (Å²) in [7, 11) is 3.84. The Kier molecular flexibility index (Phi) is 4.05. The van der Waals surface area contributed by atoms with Crippen LogP contribution in [0.25, 0.3) is 0 Å². The predicted octanol–water partition coefficient (Wildman–Crippen LogP) is 2.50. The number of hydrogen-bond acceptors (Lipinski definition) is 3. The van der Waals surface area contributed by atoms with Crippen LogP contribution in [-0.2, 0) is 6.54 Å². The minimum absolute atomic E-state index is 0.810. The van der Waals surface area contributed by atoms with Crippen molar-refractivity contribution in [2.45, 2.75) is 6.54 Å². The van der Waals surface area contributed by atoms with E-state index in [9.17, 15) is 0 Å². The van der Waals surface area contributed by atoms with Gasteiger partial charge in [-0.3, -0.25) is 4.57 Å². The number of nitrogens with zero attached hydrogens (tertiary/aromatic N) is 5. The largest absolute Gasteiger partial charge is 0.340 e. The Labute approximate surface area is 130 Å². The van der Waals surface area contributed by atoms with Gasteiger partial charge >= 0.3 is 0 Å². The van der Waals surface area contributed by atoms with E-state index in [4.69, 9.17) is 0 Å². The fourth-order valence-corrected chi connectivity index (χ4v) is 2.34. The molecule has 0 spiro atoms. The van der Waals surface area contributed by atoms with Gasteiger partial charge in [-0.1, -0.05) is 30.3 Å². The third-order valence-electron chi connectivity index (χ3n) is 3.30. The van der Waals surface area contributed by atoms with Crippen molar-refractivity contribution in [2.24, 2.45) is 5.10 Å². The van der Waals surface area contributed by atoms with E-state index >= 15 is 0 Å². The standard InChI is InChI=1S/C17H19N5/c1-20(2)19-17(22-12-10-18-14-22)16-9-6-11-21(16)13-15-7-4-3-5-8-15/h3-12,14H,13H2,1-2H3/b19-17+. The van der Waals surface area contributed by atoms with E-state index in [0.717, 1.165) is 18.1 Å². The van der Waals surface area contributed by atoms with Crippen LogP contribution in [0.2, 0.25) is 0 Å². The lowest BCUT2D eigenvalue weighted by Crippen LogP contribution is -2.20. The lowest BCUT2D eigenvalue weighted by atomic mass is 10.2. The molecule has 0 radical (unpaired) electrons. The molecule has 0 aliphatic carbocycles. The van der Waals surface area contributed by atoms with Crippen molar-refractivity contribution in [2.75, 3.05) is 14.1 Å². The van der Waals surface area contributed by atoms with Gasteiger partial charge < -0.3 is 9.58 Å². The average molecular weight is 293 g/mol. The molecule has 1 aromatic carbocycles. The van der Waals surface area contributed by atoms with Crippen LogP contribution in [0.15, 0.2) is 72.5 Å². The fraction of sp³-hybridized carbons (Fsp3) is 0.176. The molecule has 0 amide bonds. The van der Waals surface area contributed by atoms with Crippen LogP contribution in [0.5, 0.6) is 0 Å². The van der Waals surface area contributed by atoms with Gasteiger partial charge in [0.2, 0.25) is 0 Å². The second-order valence-electron chi connectivity index (χ2n) is 5.25. The van der Waals surface area contributed by atoms with Crippen LogP contribution >= 0.6 is 0 Å². The highest BCUT2D eigenvalue weighted by molar-refractivity contribution is 5.98. The number of benzene rings is 1. The summed E-state index contributed by atoms with van der Waals surface area (Å²) in [5.74, 6) is 0.850. The Balaban J connectivity index is 1.98. The molecule has 2 heterocycles. The first-order valence-electron chi connectivity index (χ1n) is 7.18. The first kappa shape index (κ1) is 14.1. The van der Waals surface area contributed by atoms with Crippen molar-refractivity contribution in [3.05, 3.63) is 78.6 Å². The number of rotatable bonds is 4. The van der Waals surface area contributed by atoms with Gasteiger partial charge in [0, 0.05) is 39.2 Å². The zero-order valence-electron chi connectivity index (χ0n) is 12.8. The van der Waals surface area contributed by atoms with E-state index in [2.05, 4.69) is 51.2 Å². The van der Waals surface area contributed by atoms with Gasteiger partial charge in [0.1, 0.15) is 6.33 Å². The molecule has 0 atom stereocenters. The summed E-state index contributed by atoms with van der Waals surface area (Å²) >= 11 is 0. The minimum Gasteiger partial charge on any atom is -0.340 e. The lowest BCUT2D eigenvalue weighted by Gasteiger charge is -2.14. The number of aromatic nitrogens is 3. The van der Waals surface area contributed by atoms with E-state index in [1.54, 1.807) is 17.5 Å². The minimum atomic E-state index is 0.810. The van der Waals surface area contributed by atoms with Crippen molar-refractivity contribution < 1.29 is 0 Å². The maximum absolute atomic E-state index is 4.62. The lowest BCUT2D eigenvalue weighted by molar-refractivity contribution is 0.435. The molecule has 3 aromatic rings. The molecular weight excluding hydrogens is 274 g/mol. The summed E-state index contributed by atoms with van der Waals surface area (Å²) in [5, 5.41) is 6.42. The highest BCUT2D eigenvalue weighted by Crippen LogP contribution is 2.11. The third-order valence-corrected chi connectivity index (χ3v) is 3.30. The van der Waals surface area contributed by atoms with E-state index in [0.29, 0.717) is 0 Å². The number of hydrogen-bond donors (Lipinski definition) is 0. The van der Waals surface area contributed by atoms with Gasteiger partial charge in [0.05, 0.1) is 5.69 Å². The van der Waals surface area contributed by atoms with Gasteiger partial charge in [-0.25, -0.2) is 4.98 Å². The topological polar surface area (TPSA) is 38.4 Å². The van der Waals surface area contributed by atoms with Crippen LogP contribution in [0, 0.1) is 0 Å². The molecule has 112 valence electrons. The Bertz CT molecular complexity index is 738. The first-order chi connectivity index (χ1) is 10.7. The van der Waals surface area contributed by atoms with Crippen molar-refractivity contribution in [1.29, 1.82) is 0 Å². The zero-order chi connectivity index (χ0) is 15.4. The molecule has 0 aliphatic heterocycles. The van der Waals surface area contributed by atoms with Crippen LogP contribution < -0.4 is 0 Å². The molecule has 22 heavy (non-hydrogen) atoms. The van der Waals surface area contributed by atoms with E-state index in [1.165, 1.54) is 5.56 Å². The molecule has 5 heteroatoms. The van der Waals surface area contributed by atoms with E-state index < -0.39 is 0 Å². The molecule has 2 aromatic heterocycles. The van der Waals surface area contributed by atoms with Crippen LogP contribution in [0.4, 0.5) is 0 Å². The van der Waals surface area contributed by atoms with Gasteiger partial charge in [-0.05, 0) is 17.7 Å². The average Bonchev–Trinajstić information content (AvgIpc) is 3.17. The summed E-state index contributed by atoms with van der Waals surface area (Å²) < 4.78 is 4.12. The van der Waals surface area contributed by atoms with Gasteiger partial charge in [-0.2, -0.15) is 5.10 Å². The van der Waals surface area contributed by atoms with E-state index in [1.807, 2.05) is 37.0 Å². The van der Waals surface area contributed by atoms with Crippen LogP contribution in [-0.4, -0.2) is 39.1 Å². The smallest absolute Gasteiger partial charge is 0.181 e. The van der Waals surface area contributed by atoms with Gasteiger partial charge in [0.25, 0.3) is 0 Å². The highest BCUT2D eigenvalue weighted by Gasteiger charge is 2.12. The number of imidazole rings is 1. The molecule has 0 saturated carbocycles. The highest BCUT2D eigenvalue weighted by atomic mass is 15.4. The molecule has 5 nitrogen and oxygen atoms in total. The Morgan fingerprint density at radius 1 is 1.09 bits per heavy atom. The maximum atomic E-state index is 4.62. The molecule has 0 aliphatic rings. The quantitative estimate of drug-likeness (QED) is 0.421. The first-order valence-corrected chi connectivity index (χ1v) is 7.18. The summed E-state index contributed by atoms with van der Waals surface area (Å²) in [5.41, 5.74) is 2.31. The molecular formula is C17H19N5. The van der Waals surface area contributed by atoms with Crippen molar-refractivity contribution in [3.63, 3.8) is 0 Å². The summed E-state index contributed by atoms with van der Waals surface area (Å²) in [6.07, 6.45) is 7.50. The summed E-state index contributed by atoms with van der Waals surface area (Å²) in [6.45, 7) is 0.810. The van der Waals surface area contributed by atoms with E-state index in [-0.39, 0.29) is 0 Å². The summed E-state index contributed by atoms with van der Waals surface area (Å²) in [4.78, 5) is 4.13. The molecule has 0 fully saturated rings. The molecule has 0 saturated heterocycles. The Morgan fingerprint density at radius 3 is 2.59 bits per heavy atom. The van der Waals surface area contributed by atoms with Crippen LogP contribution in [0.1, 0.15) is 11.3 Å². The van der Waals surface area contributed by atoms with Gasteiger partial charge in [-0.15, -0.1) is 0 Å². The molecule has 3 rings (SSSR count). The predicted molar refractivity (Wildman–Crippen MR) is 87.8 cm³/mol. The SMILES string of the molecule is CN(C)/N=C(\c1cccn1Cc1ccccc1)n1ccnc1. The maximum Gasteiger partial charge on any atom is 0.181 e. The molecule has 0 unspecified atom stereocenters. The third kappa shape index (κ3) is 3.09. The number of hydrazone groups is 1. The second-order valence-corrected chi connectivity index (χ2v) is 5.25. The summed E-state index contributed by atoms with van der Waals surface area (Å²) in [6, 6.07) is 14.5. The Morgan fingerprint density at radius 2 is 1.91 bits per heavy atom. The molecule has 0 N–H and O–H groups in total. The van der Waals surface area contributed by atoms with Crippen molar-refractivity contribution in [3.8, 4) is 0 Å². The zero-order valence-corrected chi connectivity index (χ0v) is 12.8. The van der Waals surface area contributed by atoms with Gasteiger partial charge in [0.15, 0.2) is 5.84 Å². The van der Waals surface area contributed by atoms with Crippen LogP contribution in [0.3, 0.4) is 0 Å². The monoisotopic (exact) mass is 293 g/mol. The second kappa shape index (κ2) is 6.30. The van der Waals surface area contributed by atoms with Crippen molar-refractivity contribution in [1.82, 2.24) is 19.1 Å². The fourth-order valence-electron chi connectivity index (χ4n) is 2.34. The van der Waals surface area contributed by atoms with Crippen molar-refractivity contribution >= 4 is 5.84 Å². The molecule has 0 bridgehead atoms. The normalized spacial score (nSPS) is 11.6. The Hall–Kier alpha value is -2.82.